The van der Waals surface area contributed by atoms with E-state index in [9.17, 15) is 0 Å². The summed E-state index contributed by atoms with van der Waals surface area (Å²) in [5.41, 5.74) is 0. The predicted octanol–water partition coefficient (Wildman–Crippen LogP) is 4.20. The van der Waals surface area contributed by atoms with Gasteiger partial charge >= 0.3 is 0 Å². The Morgan fingerprint density at radius 3 is 2.44 bits per heavy atom. The first-order valence-electron chi connectivity index (χ1n) is 6.24. The quantitative estimate of drug-likeness (QED) is 0.685. The number of rotatable bonds is 4. The Balaban J connectivity index is 1.97. The predicted molar refractivity (Wildman–Crippen MR) is 67.6 cm³/mol. The molecule has 0 aliphatic heterocycles. The van der Waals surface area contributed by atoms with E-state index in [1.54, 1.807) is 0 Å². The van der Waals surface area contributed by atoms with E-state index in [0.717, 1.165) is 5.75 Å². The Morgan fingerprint density at radius 1 is 1.12 bits per heavy atom. The minimum absolute atomic E-state index is 0.183. The molecule has 0 radical (unpaired) electrons. The van der Waals surface area contributed by atoms with Crippen LogP contribution < -0.4 is 4.74 Å². The fourth-order valence-electron chi connectivity index (χ4n) is 2.46. The van der Waals surface area contributed by atoms with Gasteiger partial charge in [-0.25, -0.2) is 0 Å². The van der Waals surface area contributed by atoms with Crippen molar-refractivity contribution < 1.29 is 4.74 Å². The molecule has 1 nitrogen and oxygen atoms in total. The van der Waals surface area contributed by atoms with Gasteiger partial charge in [0.1, 0.15) is 11.9 Å². The van der Waals surface area contributed by atoms with E-state index >= 15 is 0 Å². The lowest BCUT2D eigenvalue weighted by molar-refractivity contribution is 0.147. The molecule has 1 atom stereocenters. The van der Waals surface area contributed by atoms with E-state index in [-0.39, 0.29) is 6.10 Å². The van der Waals surface area contributed by atoms with E-state index in [1.165, 1.54) is 32.1 Å². The molecular formula is C15H20O. The highest BCUT2D eigenvalue weighted by Gasteiger charge is 2.22. The minimum Gasteiger partial charge on any atom is -0.486 e. The molecule has 1 aromatic rings. The second-order valence-corrected chi connectivity index (χ2v) is 4.53. The van der Waals surface area contributed by atoms with E-state index in [0.29, 0.717) is 5.92 Å². The van der Waals surface area contributed by atoms with Crippen molar-refractivity contribution in [2.45, 2.75) is 38.2 Å². The molecule has 2 rings (SSSR count). The summed E-state index contributed by atoms with van der Waals surface area (Å²) in [6.07, 6.45) is 8.77. The molecule has 0 saturated heterocycles. The fraction of sp³-hybridized carbons (Fsp3) is 0.467. The van der Waals surface area contributed by atoms with Crippen LogP contribution in [0.1, 0.15) is 32.1 Å². The van der Waals surface area contributed by atoms with E-state index < -0.39 is 0 Å². The summed E-state index contributed by atoms with van der Waals surface area (Å²) in [5.74, 6) is 1.62. The summed E-state index contributed by atoms with van der Waals surface area (Å²) >= 11 is 0. The van der Waals surface area contributed by atoms with Crippen molar-refractivity contribution in [1.29, 1.82) is 0 Å². The zero-order chi connectivity index (χ0) is 11.2. The van der Waals surface area contributed by atoms with Crippen molar-refractivity contribution in [2.75, 3.05) is 0 Å². The van der Waals surface area contributed by atoms with Crippen molar-refractivity contribution in [1.82, 2.24) is 0 Å². The molecule has 0 amide bonds. The van der Waals surface area contributed by atoms with Crippen molar-refractivity contribution in [2.24, 2.45) is 5.92 Å². The van der Waals surface area contributed by atoms with Gasteiger partial charge < -0.3 is 4.74 Å². The number of ether oxygens (including phenoxy) is 1. The van der Waals surface area contributed by atoms with Gasteiger partial charge in [0.15, 0.2) is 0 Å². The van der Waals surface area contributed by atoms with Gasteiger partial charge in [0.05, 0.1) is 0 Å². The minimum atomic E-state index is 0.183. The van der Waals surface area contributed by atoms with Crippen molar-refractivity contribution >= 4 is 0 Å². The second-order valence-electron chi connectivity index (χ2n) is 4.53. The molecule has 1 fully saturated rings. The first-order chi connectivity index (χ1) is 7.90. The summed E-state index contributed by atoms with van der Waals surface area (Å²) in [6.45, 7) is 3.91. The zero-order valence-electron chi connectivity index (χ0n) is 9.77. The fourth-order valence-corrected chi connectivity index (χ4v) is 2.46. The third-order valence-electron chi connectivity index (χ3n) is 3.36. The van der Waals surface area contributed by atoms with Gasteiger partial charge in [0, 0.05) is 0 Å². The van der Waals surface area contributed by atoms with Crippen LogP contribution in [0.2, 0.25) is 0 Å². The highest BCUT2D eigenvalue weighted by atomic mass is 16.5. The normalized spacial score (nSPS) is 19.0. The Labute approximate surface area is 98.1 Å². The molecule has 1 heteroatoms. The monoisotopic (exact) mass is 216 g/mol. The van der Waals surface area contributed by atoms with E-state index in [4.69, 9.17) is 4.74 Å². The average Bonchev–Trinajstić information content (AvgIpc) is 2.38. The molecule has 1 aliphatic rings. The summed E-state index contributed by atoms with van der Waals surface area (Å²) < 4.78 is 5.99. The average molecular weight is 216 g/mol. The maximum absolute atomic E-state index is 5.99. The third-order valence-corrected chi connectivity index (χ3v) is 3.36. The van der Waals surface area contributed by atoms with Crippen molar-refractivity contribution in [3.05, 3.63) is 43.0 Å². The lowest BCUT2D eigenvalue weighted by Crippen LogP contribution is -2.26. The molecule has 0 aromatic heterocycles. The highest BCUT2D eigenvalue weighted by molar-refractivity contribution is 5.22. The number of para-hydroxylation sites is 1. The van der Waals surface area contributed by atoms with Gasteiger partial charge in [-0.2, -0.15) is 0 Å². The summed E-state index contributed by atoms with van der Waals surface area (Å²) in [5, 5.41) is 0. The third kappa shape index (κ3) is 2.88. The van der Waals surface area contributed by atoms with Gasteiger partial charge in [0.2, 0.25) is 0 Å². The van der Waals surface area contributed by atoms with Crippen LogP contribution in [0.15, 0.2) is 43.0 Å². The molecule has 0 heterocycles. The zero-order valence-corrected chi connectivity index (χ0v) is 9.77. The molecular weight excluding hydrogens is 196 g/mol. The van der Waals surface area contributed by atoms with Crippen LogP contribution in [0.3, 0.4) is 0 Å². The Morgan fingerprint density at radius 2 is 1.81 bits per heavy atom. The van der Waals surface area contributed by atoms with Crippen LogP contribution in [-0.4, -0.2) is 6.10 Å². The first kappa shape index (κ1) is 11.3. The van der Waals surface area contributed by atoms with Crippen molar-refractivity contribution in [3.63, 3.8) is 0 Å². The van der Waals surface area contributed by atoms with Gasteiger partial charge in [-0.3, -0.25) is 0 Å². The van der Waals surface area contributed by atoms with Crippen LogP contribution in [0.4, 0.5) is 0 Å². The molecule has 1 saturated carbocycles. The smallest absolute Gasteiger partial charge is 0.120 e. The summed E-state index contributed by atoms with van der Waals surface area (Å²) in [7, 11) is 0. The van der Waals surface area contributed by atoms with Crippen LogP contribution in [0.5, 0.6) is 5.75 Å². The highest BCUT2D eigenvalue weighted by Crippen LogP contribution is 2.29. The summed E-state index contributed by atoms with van der Waals surface area (Å²) in [4.78, 5) is 0. The molecule has 1 aromatic carbocycles. The number of hydrogen-bond acceptors (Lipinski definition) is 1. The van der Waals surface area contributed by atoms with Crippen LogP contribution in [0, 0.1) is 5.92 Å². The van der Waals surface area contributed by atoms with Gasteiger partial charge in [-0.05, 0) is 30.9 Å². The molecule has 0 N–H and O–H groups in total. The first-order valence-corrected chi connectivity index (χ1v) is 6.24. The Bertz CT molecular complexity index is 311. The topological polar surface area (TPSA) is 9.23 Å². The van der Waals surface area contributed by atoms with E-state index in [1.807, 2.05) is 36.4 Å². The van der Waals surface area contributed by atoms with Crippen LogP contribution in [-0.2, 0) is 0 Å². The maximum Gasteiger partial charge on any atom is 0.120 e. The number of benzene rings is 1. The molecule has 0 bridgehead atoms. The SMILES string of the molecule is C=C[C@H](Oc1ccccc1)C1CCCCC1. The van der Waals surface area contributed by atoms with E-state index in [2.05, 4.69) is 6.58 Å². The summed E-state index contributed by atoms with van der Waals surface area (Å²) in [6, 6.07) is 10.1. The molecule has 86 valence electrons. The molecule has 0 spiro atoms. The molecule has 1 aliphatic carbocycles. The van der Waals surface area contributed by atoms with Gasteiger partial charge in [-0.15, -0.1) is 0 Å². The molecule has 0 unspecified atom stereocenters. The largest absolute Gasteiger partial charge is 0.486 e. The van der Waals surface area contributed by atoms with Crippen LogP contribution >= 0.6 is 0 Å². The van der Waals surface area contributed by atoms with Gasteiger partial charge in [0.25, 0.3) is 0 Å². The van der Waals surface area contributed by atoms with Crippen LogP contribution in [0.25, 0.3) is 0 Å². The molecule has 16 heavy (non-hydrogen) atoms. The van der Waals surface area contributed by atoms with Crippen molar-refractivity contribution in [3.8, 4) is 5.75 Å². The van der Waals surface area contributed by atoms with Gasteiger partial charge in [-0.1, -0.05) is 50.1 Å². The lowest BCUT2D eigenvalue weighted by Gasteiger charge is -2.28. The Kier molecular flexibility index (Phi) is 4.03. The number of hydrogen-bond donors (Lipinski definition) is 0. The maximum atomic E-state index is 5.99. The standard InChI is InChI=1S/C15H20O/c1-2-15(13-9-5-3-6-10-13)16-14-11-7-4-8-12-14/h2,4,7-8,11-13,15H,1,3,5-6,9-10H2/t15-/m0/s1. The second kappa shape index (κ2) is 5.74. The lowest BCUT2D eigenvalue weighted by atomic mass is 9.85. The Hall–Kier alpha value is -1.24.